The number of rotatable bonds is 3. The lowest BCUT2D eigenvalue weighted by Crippen LogP contribution is -1.90. The highest BCUT2D eigenvalue weighted by Gasteiger charge is 2.06. The van der Waals surface area contributed by atoms with Crippen molar-refractivity contribution in [2.45, 2.75) is 5.88 Å². The molecule has 2 aromatic carbocycles. The van der Waals surface area contributed by atoms with Crippen LogP contribution in [0.3, 0.4) is 0 Å². The van der Waals surface area contributed by atoms with Crippen LogP contribution in [-0.2, 0) is 5.88 Å². The van der Waals surface area contributed by atoms with E-state index in [-0.39, 0.29) is 0 Å². The molecule has 0 N–H and O–H groups in total. The van der Waals surface area contributed by atoms with Gasteiger partial charge in [0, 0.05) is 27.7 Å². The molecule has 3 aromatic rings. The van der Waals surface area contributed by atoms with Gasteiger partial charge < -0.3 is 4.74 Å². The van der Waals surface area contributed by atoms with Crippen LogP contribution in [-0.4, -0.2) is 4.98 Å². The van der Waals surface area contributed by atoms with Crippen molar-refractivity contribution in [2.75, 3.05) is 0 Å². The van der Waals surface area contributed by atoms with Gasteiger partial charge in [-0.15, -0.1) is 11.6 Å². The van der Waals surface area contributed by atoms with E-state index in [1.807, 2.05) is 48.5 Å². The lowest BCUT2D eigenvalue weighted by atomic mass is 10.2. The van der Waals surface area contributed by atoms with E-state index in [9.17, 15) is 0 Å². The van der Waals surface area contributed by atoms with E-state index in [4.69, 9.17) is 16.3 Å². The molecule has 100 valence electrons. The van der Waals surface area contributed by atoms with Gasteiger partial charge in [-0.25, -0.2) is 0 Å². The fourth-order valence-electron chi connectivity index (χ4n) is 1.97. The number of pyridine rings is 1. The Bertz CT molecular complexity index is 760. The molecule has 0 saturated carbocycles. The second kappa shape index (κ2) is 5.81. The number of benzene rings is 2. The zero-order valence-corrected chi connectivity index (χ0v) is 12.9. The fraction of sp³-hybridized carbons (Fsp3) is 0.0625. The highest BCUT2D eigenvalue weighted by molar-refractivity contribution is 9.10. The molecule has 1 heterocycles. The highest BCUT2D eigenvalue weighted by Crippen LogP contribution is 2.30. The Hall–Kier alpha value is -1.58. The van der Waals surface area contributed by atoms with Crippen LogP contribution in [0, 0.1) is 0 Å². The zero-order chi connectivity index (χ0) is 13.9. The average molecular weight is 349 g/mol. The van der Waals surface area contributed by atoms with Gasteiger partial charge in [-0.05, 0) is 30.3 Å². The first kappa shape index (κ1) is 13.4. The maximum absolute atomic E-state index is 5.94. The molecule has 0 bridgehead atoms. The summed E-state index contributed by atoms with van der Waals surface area (Å²) in [4.78, 5) is 4.33. The number of hydrogen-bond donors (Lipinski definition) is 0. The number of fused-ring (bicyclic) bond motifs is 1. The van der Waals surface area contributed by atoms with Crippen molar-refractivity contribution >= 4 is 38.4 Å². The maximum Gasteiger partial charge on any atom is 0.132 e. The summed E-state index contributed by atoms with van der Waals surface area (Å²) in [5, 5.41) is 1.09. The Morgan fingerprint density at radius 2 is 2.00 bits per heavy atom. The molecule has 0 fully saturated rings. The molecule has 2 nitrogen and oxygen atoms in total. The van der Waals surface area contributed by atoms with Gasteiger partial charge in [0.15, 0.2) is 0 Å². The van der Waals surface area contributed by atoms with E-state index < -0.39 is 0 Å². The highest BCUT2D eigenvalue weighted by atomic mass is 79.9. The Morgan fingerprint density at radius 3 is 2.85 bits per heavy atom. The Labute approximate surface area is 130 Å². The first-order valence-corrected chi connectivity index (χ1v) is 7.46. The van der Waals surface area contributed by atoms with Crippen molar-refractivity contribution in [3.8, 4) is 11.5 Å². The molecule has 0 aliphatic rings. The third-order valence-electron chi connectivity index (χ3n) is 2.98. The molecule has 0 saturated heterocycles. The van der Waals surface area contributed by atoms with E-state index in [1.54, 1.807) is 6.20 Å². The van der Waals surface area contributed by atoms with Crippen LogP contribution in [0.2, 0.25) is 0 Å². The van der Waals surface area contributed by atoms with Crippen LogP contribution < -0.4 is 4.74 Å². The molecule has 0 aliphatic carbocycles. The summed E-state index contributed by atoms with van der Waals surface area (Å²) < 4.78 is 6.89. The van der Waals surface area contributed by atoms with E-state index >= 15 is 0 Å². The van der Waals surface area contributed by atoms with Crippen molar-refractivity contribution in [1.82, 2.24) is 4.98 Å². The molecule has 0 aliphatic heterocycles. The minimum atomic E-state index is 0.411. The summed E-state index contributed by atoms with van der Waals surface area (Å²) in [6, 6.07) is 15.6. The number of aromatic nitrogens is 1. The van der Waals surface area contributed by atoms with Gasteiger partial charge >= 0.3 is 0 Å². The van der Waals surface area contributed by atoms with Crippen LogP contribution in [0.15, 0.2) is 59.2 Å². The lowest BCUT2D eigenvalue weighted by molar-refractivity contribution is 0.478. The van der Waals surface area contributed by atoms with E-state index in [1.165, 1.54) is 0 Å². The Kier molecular flexibility index (Phi) is 3.90. The van der Waals surface area contributed by atoms with Crippen LogP contribution in [0.1, 0.15) is 5.56 Å². The van der Waals surface area contributed by atoms with Gasteiger partial charge in [-0.1, -0.05) is 28.1 Å². The molecule has 4 heteroatoms. The molecule has 1 aromatic heterocycles. The zero-order valence-electron chi connectivity index (χ0n) is 10.5. The molecule has 0 spiro atoms. The molecular formula is C16H11BrClNO. The number of ether oxygens (including phenoxy) is 1. The molecule has 0 unspecified atom stereocenters. The van der Waals surface area contributed by atoms with Crippen molar-refractivity contribution in [2.24, 2.45) is 0 Å². The smallest absolute Gasteiger partial charge is 0.132 e. The van der Waals surface area contributed by atoms with Crippen LogP contribution in [0.4, 0.5) is 0 Å². The quantitative estimate of drug-likeness (QED) is 0.581. The van der Waals surface area contributed by atoms with Crippen LogP contribution >= 0.6 is 27.5 Å². The van der Waals surface area contributed by atoms with E-state index in [0.717, 1.165) is 32.4 Å². The summed E-state index contributed by atoms with van der Waals surface area (Å²) in [6.45, 7) is 0. The third kappa shape index (κ3) is 2.79. The number of alkyl halides is 1. The molecule has 0 amide bonds. The van der Waals surface area contributed by atoms with Crippen LogP contribution in [0.5, 0.6) is 11.5 Å². The minimum Gasteiger partial charge on any atom is -0.457 e. The number of hydrogen-bond acceptors (Lipinski definition) is 2. The van der Waals surface area contributed by atoms with E-state index in [0.29, 0.717) is 5.88 Å². The minimum absolute atomic E-state index is 0.411. The first-order valence-electron chi connectivity index (χ1n) is 6.13. The lowest BCUT2D eigenvalue weighted by Gasteiger charge is -2.10. The molecule has 0 radical (unpaired) electrons. The Morgan fingerprint density at radius 1 is 1.10 bits per heavy atom. The summed E-state index contributed by atoms with van der Waals surface area (Å²) in [7, 11) is 0. The maximum atomic E-state index is 5.94. The fourth-order valence-corrected chi connectivity index (χ4v) is 2.53. The van der Waals surface area contributed by atoms with Crippen molar-refractivity contribution < 1.29 is 4.74 Å². The summed E-state index contributed by atoms with van der Waals surface area (Å²) in [5.74, 6) is 1.92. The third-order valence-corrected chi connectivity index (χ3v) is 3.76. The van der Waals surface area contributed by atoms with Gasteiger partial charge in [0.1, 0.15) is 11.5 Å². The standard InChI is InChI=1S/C16H11BrClNO/c17-13-5-3-12(10-18)16(8-13)20-14-6-4-11-2-1-7-19-15(11)9-14/h1-9H,10H2. The summed E-state index contributed by atoms with van der Waals surface area (Å²) in [5.41, 5.74) is 1.86. The largest absolute Gasteiger partial charge is 0.457 e. The predicted octanol–water partition coefficient (Wildman–Crippen LogP) is 5.53. The average Bonchev–Trinajstić information content (AvgIpc) is 2.47. The normalized spacial score (nSPS) is 10.7. The molecular weight excluding hydrogens is 338 g/mol. The van der Waals surface area contributed by atoms with Crippen molar-refractivity contribution in [3.05, 3.63) is 64.8 Å². The van der Waals surface area contributed by atoms with Gasteiger partial charge in [0.05, 0.1) is 11.4 Å². The second-order valence-electron chi connectivity index (χ2n) is 4.35. The summed E-state index contributed by atoms with van der Waals surface area (Å²) in [6.07, 6.45) is 1.77. The van der Waals surface area contributed by atoms with Gasteiger partial charge in [0.2, 0.25) is 0 Å². The topological polar surface area (TPSA) is 22.1 Å². The molecule has 0 atom stereocenters. The van der Waals surface area contributed by atoms with Gasteiger partial charge in [0.25, 0.3) is 0 Å². The van der Waals surface area contributed by atoms with Crippen LogP contribution in [0.25, 0.3) is 10.9 Å². The number of nitrogens with zero attached hydrogens (tertiary/aromatic N) is 1. The van der Waals surface area contributed by atoms with Gasteiger partial charge in [-0.3, -0.25) is 4.98 Å². The first-order chi connectivity index (χ1) is 9.76. The molecule has 20 heavy (non-hydrogen) atoms. The van der Waals surface area contributed by atoms with Crippen molar-refractivity contribution in [1.29, 1.82) is 0 Å². The monoisotopic (exact) mass is 347 g/mol. The Balaban J connectivity index is 1.98. The SMILES string of the molecule is ClCc1ccc(Br)cc1Oc1ccc2cccnc2c1. The predicted molar refractivity (Wildman–Crippen MR) is 85.5 cm³/mol. The second-order valence-corrected chi connectivity index (χ2v) is 5.53. The summed E-state index contributed by atoms with van der Waals surface area (Å²) >= 11 is 9.38. The molecule has 3 rings (SSSR count). The van der Waals surface area contributed by atoms with Crippen molar-refractivity contribution in [3.63, 3.8) is 0 Å². The number of halogens is 2. The van der Waals surface area contributed by atoms with E-state index in [2.05, 4.69) is 20.9 Å². The van der Waals surface area contributed by atoms with Gasteiger partial charge in [-0.2, -0.15) is 0 Å².